The van der Waals surface area contributed by atoms with Crippen LogP contribution in [0.1, 0.15) is 45.7 Å². The summed E-state index contributed by atoms with van der Waals surface area (Å²) < 4.78 is 11.5. The van der Waals surface area contributed by atoms with Gasteiger partial charge in [-0.3, -0.25) is 4.79 Å². The molecule has 1 fully saturated rings. The summed E-state index contributed by atoms with van der Waals surface area (Å²) in [6.07, 6.45) is 0.550. The lowest BCUT2D eigenvalue weighted by atomic mass is 9.54. The Kier molecular flexibility index (Phi) is 5.77. The molecule has 0 spiro atoms. The fourth-order valence-electron chi connectivity index (χ4n) is 3.68. The Morgan fingerprint density at radius 1 is 1.14 bits per heavy atom. The zero-order chi connectivity index (χ0) is 20.4. The molecular weight excluding hydrogens is 352 g/mol. The number of carbonyl (C=O) groups is 1. The molecule has 0 saturated heterocycles. The maximum absolute atomic E-state index is 12.9. The minimum atomic E-state index is -0.919. The van der Waals surface area contributed by atoms with Crippen molar-refractivity contribution in [3.05, 3.63) is 60.2 Å². The Bertz CT molecular complexity index is 804. The van der Waals surface area contributed by atoms with Gasteiger partial charge in [-0.2, -0.15) is 0 Å². The first kappa shape index (κ1) is 20.4. The molecule has 0 bridgehead atoms. The van der Waals surface area contributed by atoms with Gasteiger partial charge in [-0.05, 0) is 43.7 Å². The fraction of sp³-hybridized carbons (Fsp3) is 0.435. The van der Waals surface area contributed by atoms with Crippen molar-refractivity contribution in [3.63, 3.8) is 0 Å². The van der Waals surface area contributed by atoms with Crippen molar-refractivity contribution in [2.24, 2.45) is 11.1 Å². The van der Waals surface area contributed by atoms with E-state index in [4.69, 9.17) is 15.2 Å². The van der Waals surface area contributed by atoms with Crippen LogP contribution in [0.4, 0.5) is 0 Å². The standard InChI is InChI=1S/C23H30N2O3/c1-5-27-20-15-23(24,22(20,3)4)21(26)25-16(2)17-11-13-19(14-12-17)28-18-9-7-6-8-10-18/h6-14,16,20H,5,15,24H2,1-4H3,(H,25,26). The van der Waals surface area contributed by atoms with E-state index in [1.54, 1.807) is 0 Å². The van der Waals surface area contributed by atoms with Crippen molar-refractivity contribution in [1.82, 2.24) is 5.32 Å². The van der Waals surface area contributed by atoms with Crippen LogP contribution in [-0.2, 0) is 9.53 Å². The highest BCUT2D eigenvalue weighted by molar-refractivity contribution is 5.89. The van der Waals surface area contributed by atoms with Crippen molar-refractivity contribution in [2.45, 2.75) is 51.8 Å². The molecular formula is C23H30N2O3. The van der Waals surface area contributed by atoms with Gasteiger partial charge in [-0.25, -0.2) is 0 Å². The first-order valence-corrected chi connectivity index (χ1v) is 9.82. The Balaban J connectivity index is 1.61. The molecule has 3 N–H and O–H groups in total. The van der Waals surface area contributed by atoms with Crippen LogP contribution >= 0.6 is 0 Å². The number of amides is 1. The molecule has 2 aromatic carbocycles. The van der Waals surface area contributed by atoms with Crippen LogP contribution in [0.2, 0.25) is 0 Å². The molecule has 3 rings (SSSR count). The van der Waals surface area contributed by atoms with Crippen LogP contribution in [0, 0.1) is 5.41 Å². The number of hydrogen-bond donors (Lipinski definition) is 2. The Labute approximate surface area is 167 Å². The number of rotatable bonds is 7. The molecule has 2 aromatic rings. The van der Waals surface area contributed by atoms with Crippen molar-refractivity contribution in [3.8, 4) is 11.5 Å². The molecule has 0 radical (unpaired) electrons. The molecule has 0 aliphatic heterocycles. The number of carbonyl (C=O) groups excluding carboxylic acids is 1. The third kappa shape index (κ3) is 3.77. The van der Waals surface area contributed by atoms with E-state index in [9.17, 15) is 4.79 Å². The smallest absolute Gasteiger partial charge is 0.241 e. The van der Waals surface area contributed by atoms with E-state index >= 15 is 0 Å². The molecule has 5 nitrogen and oxygen atoms in total. The van der Waals surface area contributed by atoms with Crippen LogP contribution in [-0.4, -0.2) is 24.2 Å². The van der Waals surface area contributed by atoms with Gasteiger partial charge in [0.25, 0.3) is 0 Å². The van der Waals surface area contributed by atoms with Crippen LogP contribution < -0.4 is 15.8 Å². The second kappa shape index (κ2) is 7.94. The molecule has 1 aliphatic carbocycles. The predicted molar refractivity (Wildman–Crippen MR) is 110 cm³/mol. The number of nitrogens with two attached hydrogens (primary N) is 1. The largest absolute Gasteiger partial charge is 0.457 e. The predicted octanol–water partition coefficient (Wildman–Crippen LogP) is 4.19. The van der Waals surface area contributed by atoms with E-state index in [2.05, 4.69) is 5.32 Å². The second-order valence-electron chi connectivity index (χ2n) is 8.02. The van der Waals surface area contributed by atoms with Gasteiger partial charge in [0, 0.05) is 18.4 Å². The molecule has 1 amide bonds. The van der Waals surface area contributed by atoms with Crippen LogP contribution in [0.15, 0.2) is 54.6 Å². The minimum absolute atomic E-state index is 0.0120. The van der Waals surface area contributed by atoms with Crippen LogP contribution in [0.3, 0.4) is 0 Å². The summed E-state index contributed by atoms with van der Waals surface area (Å²) in [4.78, 5) is 12.9. The molecule has 0 heterocycles. The number of ether oxygens (including phenoxy) is 2. The summed E-state index contributed by atoms with van der Waals surface area (Å²) in [5.74, 6) is 1.41. The number of benzene rings is 2. The molecule has 0 aromatic heterocycles. The summed E-state index contributed by atoms with van der Waals surface area (Å²) in [5.41, 5.74) is 6.14. The summed E-state index contributed by atoms with van der Waals surface area (Å²) in [6, 6.07) is 17.2. The first-order valence-electron chi connectivity index (χ1n) is 9.82. The molecule has 5 heteroatoms. The van der Waals surface area contributed by atoms with Gasteiger partial charge in [0.05, 0.1) is 12.1 Å². The van der Waals surface area contributed by atoms with E-state index in [1.807, 2.05) is 82.3 Å². The molecule has 1 saturated carbocycles. The lowest BCUT2D eigenvalue weighted by Crippen LogP contribution is -2.75. The molecule has 28 heavy (non-hydrogen) atoms. The summed E-state index contributed by atoms with van der Waals surface area (Å²) in [7, 11) is 0. The second-order valence-corrected chi connectivity index (χ2v) is 8.02. The van der Waals surface area contributed by atoms with Gasteiger partial charge in [0.2, 0.25) is 5.91 Å². The fourth-order valence-corrected chi connectivity index (χ4v) is 3.68. The third-order valence-corrected chi connectivity index (χ3v) is 5.94. The van der Waals surface area contributed by atoms with Crippen LogP contribution in [0.5, 0.6) is 11.5 Å². The van der Waals surface area contributed by atoms with Gasteiger partial charge in [-0.15, -0.1) is 0 Å². The number of hydrogen-bond acceptors (Lipinski definition) is 4. The third-order valence-electron chi connectivity index (χ3n) is 5.94. The van der Waals surface area contributed by atoms with Gasteiger partial charge < -0.3 is 20.5 Å². The SMILES string of the molecule is CCOC1CC(N)(C(=O)NC(C)c2ccc(Oc3ccccc3)cc2)C1(C)C. The monoisotopic (exact) mass is 382 g/mol. The highest BCUT2D eigenvalue weighted by Crippen LogP contribution is 2.50. The zero-order valence-electron chi connectivity index (χ0n) is 17.1. The maximum atomic E-state index is 12.9. The van der Waals surface area contributed by atoms with Gasteiger partial charge in [0.1, 0.15) is 17.0 Å². The normalized spacial score (nSPS) is 24.1. The molecule has 150 valence electrons. The Morgan fingerprint density at radius 3 is 2.32 bits per heavy atom. The average Bonchev–Trinajstić information content (AvgIpc) is 2.69. The van der Waals surface area contributed by atoms with Gasteiger partial charge in [-0.1, -0.05) is 44.2 Å². The topological polar surface area (TPSA) is 73.6 Å². The van der Waals surface area contributed by atoms with E-state index < -0.39 is 11.0 Å². The highest BCUT2D eigenvalue weighted by atomic mass is 16.5. The summed E-state index contributed by atoms with van der Waals surface area (Å²) in [5, 5.41) is 3.07. The van der Waals surface area contributed by atoms with Crippen molar-refractivity contribution < 1.29 is 14.3 Å². The maximum Gasteiger partial charge on any atom is 0.241 e. The number of nitrogens with one attached hydrogen (secondary N) is 1. The van der Waals surface area contributed by atoms with Crippen molar-refractivity contribution in [2.75, 3.05) is 6.61 Å². The highest BCUT2D eigenvalue weighted by Gasteiger charge is 2.62. The van der Waals surface area contributed by atoms with E-state index in [0.717, 1.165) is 17.1 Å². The van der Waals surface area contributed by atoms with E-state index in [-0.39, 0.29) is 18.1 Å². The molecule has 3 atom stereocenters. The van der Waals surface area contributed by atoms with Crippen molar-refractivity contribution in [1.29, 1.82) is 0 Å². The Hall–Kier alpha value is -2.37. The summed E-state index contributed by atoms with van der Waals surface area (Å²) >= 11 is 0. The van der Waals surface area contributed by atoms with E-state index in [1.165, 1.54) is 0 Å². The van der Waals surface area contributed by atoms with E-state index in [0.29, 0.717) is 13.0 Å². The lowest BCUT2D eigenvalue weighted by molar-refractivity contribution is -0.171. The summed E-state index contributed by atoms with van der Waals surface area (Å²) in [6.45, 7) is 8.53. The van der Waals surface area contributed by atoms with Crippen LogP contribution in [0.25, 0.3) is 0 Å². The molecule has 1 aliphatic rings. The lowest BCUT2D eigenvalue weighted by Gasteiger charge is -2.57. The Morgan fingerprint density at radius 2 is 1.75 bits per heavy atom. The quantitative estimate of drug-likeness (QED) is 0.753. The van der Waals surface area contributed by atoms with Crippen molar-refractivity contribution >= 4 is 5.91 Å². The zero-order valence-corrected chi connectivity index (χ0v) is 17.1. The first-order chi connectivity index (χ1) is 13.3. The average molecular weight is 383 g/mol. The molecule has 3 unspecified atom stereocenters. The van der Waals surface area contributed by atoms with Gasteiger partial charge >= 0.3 is 0 Å². The van der Waals surface area contributed by atoms with Gasteiger partial charge in [0.15, 0.2) is 0 Å². The number of para-hydroxylation sites is 1. The minimum Gasteiger partial charge on any atom is -0.457 e.